The Labute approximate surface area is 75.1 Å². The van der Waals surface area contributed by atoms with Crippen molar-refractivity contribution in [2.45, 2.75) is 13.3 Å². The molecule has 4 heteroatoms. The lowest BCUT2D eigenvalue weighted by molar-refractivity contribution is 1.05. The maximum absolute atomic E-state index is 5.86. The topological polar surface area (TPSA) is 41.6 Å². The summed E-state index contributed by atoms with van der Waals surface area (Å²) in [5.74, 6) is 0.812. The van der Waals surface area contributed by atoms with Crippen molar-refractivity contribution in [3.63, 3.8) is 0 Å². The maximum Gasteiger partial charge on any atom is 0.141 e. The predicted octanol–water partition coefficient (Wildman–Crippen LogP) is 2.13. The molecule has 0 bridgehead atoms. The molecular formula is C8H8ClN3. The van der Waals surface area contributed by atoms with Gasteiger partial charge in [-0.25, -0.2) is 9.97 Å². The third-order valence-corrected chi connectivity index (χ3v) is 2.09. The van der Waals surface area contributed by atoms with Crippen LogP contribution in [0.25, 0.3) is 11.4 Å². The Kier molecular flexibility index (Phi) is 1.73. The number of nitrogens with zero attached hydrogens (tertiary/aromatic N) is 2. The molecule has 0 aromatic heterocycles. The van der Waals surface area contributed by atoms with Crippen molar-refractivity contribution in [3.8, 4) is 11.4 Å². The predicted molar refractivity (Wildman–Crippen MR) is 47.4 cm³/mol. The number of hydrogen-bond donors (Lipinski definition) is 1. The van der Waals surface area contributed by atoms with Crippen molar-refractivity contribution in [1.82, 2.24) is 15.0 Å². The molecule has 0 saturated heterocycles. The van der Waals surface area contributed by atoms with E-state index in [0.717, 1.165) is 23.5 Å². The first-order chi connectivity index (χ1) is 5.81. The average molecular weight is 182 g/mol. The highest BCUT2D eigenvalue weighted by molar-refractivity contribution is 6.32. The number of rotatable bonds is 1. The zero-order chi connectivity index (χ0) is 8.55. The molecule has 0 aliphatic carbocycles. The van der Waals surface area contributed by atoms with Gasteiger partial charge in [0.15, 0.2) is 0 Å². The zero-order valence-electron chi connectivity index (χ0n) is 6.63. The average Bonchev–Trinajstić information content (AvgIpc) is 2.49. The number of aryl methyl sites for hydroxylation is 1. The highest BCUT2D eigenvalue weighted by Crippen LogP contribution is 2.25. The van der Waals surface area contributed by atoms with Gasteiger partial charge in [-0.1, -0.05) is 18.5 Å². The smallest absolute Gasteiger partial charge is 0.141 e. The van der Waals surface area contributed by atoms with Gasteiger partial charge in [0.2, 0.25) is 0 Å². The SMILES string of the molecule is CCc1cc2c(Cl)nc[nH]c-2n1. The van der Waals surface area contributed by atoms with E-state index >= 15 is 0 Å². The molecule has 0 aromatic rings. The van der Waals surface area contributed by atoms with Gasteiger partial charge in [0.05, 0.1) is 11.9 Å². The summed E-state index contributed by atoms with van der Waals surface area (Å²) in [5.41, 5.74) is 1.94. The molecule has 62 valence electrons. The summed E-state index contributed by atoms with van der Waals surface area (Å²) in [6.45, 7) is 2.06. The lowest BCUT2D eigenvalue weighted by Crippen LogP contribution is -1.86. The second kappa shape index (κ2) is 2.75. The molecule has 2 aliphatic heterocycles. The van der Waals surface area contributed by atoms with Gasteiger partial charge in [0.25, 0.3) is 0 Å². The van der Waals surface area contributed by atoms with E-state index in [0.29, 0.717) is 5.15 Å². The third-order valence-electron chi connectivity index (χ3n) is 1.79. The van der Waals surface area contributed by atoms with Gasteiger partial charge in [-0.15, -0.1) is 0 Å². The number of aromatic nitrogens is 3. The van der Waals surface area contributed by atoms with E-state index < -0.39 is 0 Å². The number of halogens is 1. The van der Waals surface area contributed by atoms with Crippen LogP contribution in [-0.4, -0.2) is 15.0 Å². The van der Waals surface area contributed by atoms with Crippen LogP contribution in [0.1, 0.15) is 12.6 Å². The Morgan fingerprint density at radius 2 is 2.42 bits per heavy atom. The minimum atomic E-state index is 0.510. The summed E-state index contributed by atoms with van der Waals surface area (Å²) in [7, 11) is 0. The molecule has 3 nitrogen and oxygen atoms in total. The normalized spacial score (nSPS) is 10.8. The Bertz CT molecular complexity index is 369. The first-order valence-electron chi connectivity index (χ1n) is 3.79. The monoisotopic (exact) mass is 181 g/mol. The number of hydrogen-bond acceptors (Lipinski definition) is 2. The van der Waals surface area contributed by atoms with Crippen molar-refractivity contribution >= 4 is 11.6 Å². The first kappa shape index (κ1) is 7.55. The molecule has 0 aromatic carbocycles. The van der Waals surface area contributed by atoms with Crippen LogP contribution in [0.2, 0.25) is 5.15 Å². The van der Waals surface area contributed by atoms with Crippen LogP contribution < -0.4 is 0 Å². The Morgan fingerprint density at radius 3 is 3.08 bits per heavy atom. The molecular weight excluding hydrogens is 174 g/mol. The van der Waals surface area contributed by atoms with Gasteiger partial charge in [-0.3, -0.25) is 0 Å². The maximum atomic E-state index is 5.86. The highest BCUT2D eigenvalue weighted by Gasteiger charge is 2.11. The van der Waals surface area contributed by atoms with E-state index in [1.807, 2.05) is 6.07 Å². The summed E-state index contributed by atoms with van der Waals surface area (Å²) in [6, 6.07) is 1.96. The van der Waals surface area contributed by atoms with Gasteiger partial charge >= 0.3 is 0 Å². The highest BCUT2D eigenvalue weighted by atomic mass is 35.5. The largest absolute Gasteiger partial charge is 0.330 e. The van der Waals surface area contributed by atoms with Gasteiger partial charge < -0.3 is 4.98 Å². The van der Waals surface area contributed by atoms with Crippen molar-refractivity contribution in [2.75, 3.05) is 0 Å². The van der Waals surface area contributed by atoms with E-state index in [4.69, 9.17) is 11.6 Å². The summed E-state index contributed by atoms with van der Waals surface area (Å²) in [5, 5.41) is 0.510. The fourth-order valence-electron chi connectivity index (χ4n) is 1.14. The van der Waals surface area contributed by atoms with Crippen molar-refractivity contribution < 1.29 is 0 Å². The fourth-order valence-corrected chi connectivity index (χ4v) is 1.33. The Hall–Kier alpha value is -1.09. The number of H-pyrrole nitrogens is 1. The summed E-state index contributed by atoms with van der Waals surface area (Å²) in [6.07, 6.45) is 2.47. The molecule has 2 heterocycles. The van der Waals surface area contributed by atoms with Gasteiger partial charge in [0, 0.05) is 5.69 Å². The summed E-state index contributed by atoms with van der Waals surface area (Å²) < 4.78 is 0. The van der Waals surface area contributed by atoms with E-state index in [9.17, 15) is 0 Å². The van der Waals surface area contributed by atoms with Crippen molar-refractivity contribution in [1.29, 1.82) is 0 Å². The van der Waals surface area contributed by atoms with Crippen LogP contribution >= 0.6 is 11.6 Å². The Morgan fingerprint density at radius 1 is 1.58 bits per heavy atom. The molecule has 0 atom stereocenters. The molecule has 2 aliphatic rings. The van der Waals surface area contributed by atoms with Crippen LogP contribution in [0.5, 0.6) is 0 Å². The zero-order valence-corrected chi connectivity index (χ0v) is 7.39. The van der Waals surface area contributed by atoms with Crippen LogP contribution in [0, 0.1) is 0 Å². The minimum Gasteiger partial charge on any atom is -0.330 e. The fraction of sp³-hybridized carbons (Fsp3) is 0.250. The number of aromatic amines is 1. The number of nitrogens with one attached hydrogen (secondary N) is 1. The van der Waals surface area contributed by atoms with E-state index in [2.05, 4.69) is 21.9 Å². The lowest BCUT2D eigenvalue weighted by atomic mass is 10.3. The Balaban J connectivity index is 2.66. The summed E-state index contributed by atoms with van der Waals surface area (Å²) >= 11 is 5.86. The lowest BCUT2D eigenvalue weighted by Gasteiger charge is -1.96. The molecule has 0 amide bonds. The van der Waals surface area contributed by atoms with Crippen LogP contribution in [0.4, 0.5) is 0 Å². The molecule has 12 heavy (non-hydrogen) atoms. The molecule has 0 spiro atoms. The van der Waals surface area contributed by atoms with Crippen LogP contribution in [0.3, 0.4) is 0 Å². The molecule has 0 fully saturated rings. The standard InChI is InChI=1S/C8H8ClN3/c1-2-5-3-6-7(9)10-4-11-8(6)12-5/h3-4H,2H2,1H3,(H,10,11,12). The van der Waals surface area contributed by atoms with E-state index in [1.165, 1.54) is 0 Å². The van der Waals surface area contributed by atoms with Gasteiger partial charge in [0.1, 0.15) is 11.0 Å². The second-order valence-corrected chi connectivity index (χ2v) is 2.91. The minimum absolute atomic E-state index is 0.510. The third kappa shape index (κ3) is 1.06. The number of fused-ring (bicyclic) bond motifs is 1. The second-order valence-electron chi connectivity index (χ2n) is 2.56. The molecule has 0 saturated carbocycles. The van der Waals surface area contributed by atoms with Gasteiger partial charge in [-0.2, -0.15) is 0 Å². The van der Waals surface area contributed by atoms with E-state index in [-0.39, 0.29) is 0 Å². The van der Waals surface area contributed by atoms with Gasteiger partial charge in [-0.05, 0) is 12.5 Å². The van der Waals surface area contributed by atoms with Crippen LogP contribution in [0.15, 0.2) is 12.4 Å². The van der Waals surface area contributed by atoms with Crippen molar-refractivity contribution in [3.05, 3.63) is 23.2 Å². The quantitative estimate of drug-likeness (QED) is 0.685. The van der Waals surface area contributed by atoms with Crippen molar-refractivity contribution in [2.24, 2.45) is 0 Å². The molecule has 0 unspecified atom stereocenters. The summed E-state index contributed by atoms with van der Waals surface area (Å²) in [4.78, 5) is 11.2. The first-order valence-corrected chi connectivity index (χ1v) is 4.17. The molecule has 0 radical (unpaired) electrons. The van der Waals surface area contributed by atoms with Crippen LogP contribution in [-0.2, 0) is 6.42 Å². The van der Waals surface area contributed by atoms with E-state index in [1.54, 1.807) is 6.33 Å². The molecule has 2 rings (SSSR count). The molecule has 1 N–H and O–H groups in total.